The van der Waals surface area contributed by atoms with Crippen LogP contribution < -0.4 is 20.1 Å². The Morgan fingerprint density at radius 2 is 1.65 bits per heavy atom. The van der Waals surface area contributed by atoms with Crippen LogP contribution in [0.4, 0.5) is 10.5 Å². The highest BCUT2D eigenvalue weighted by molar-refractivity contribution is 5.89. The third-order valence-electron chi connectivity index (χ3n) is 6.17. The summed E-state index contributed by atoms with van der Waals surface area (Å²) in [5.74, 6) is 1.68. The molecule has 1 fully saturated rings. The van der Waals surface area contributed by atoms with Crippen LogP contribution in [0, 0.1) is 5.92 Å². The van der Waals surface area contributed by atoms with Crippen molar-refractivity contribution in [2.45, 2.75) is 26.3 Å². The molecule has 2 aromatic carbocycles. The lowest BCUT2D eigenvalue weighted by molar-refractivity contribution is -0.123. The molecule has 2 aliphatic rings. The molecule has 8 heteroatoms. The summed E-state index contributed by atoms with van der Waals surface area (Å²) in [5.41, 5.74) is 1.79. The molecule has 34 heavy (non-hydrogen) atoms. The van der Waals surface area contributed by atoms with Crippen LogP contribution in [0.3, 0.4) is 0 Å². The Balaban J connectivity index is 1.29. The maximum Gasteiger partial charge on any atom is 0.321 e. The van der Waals surface area contributed by atoms with E-state index in [1.54, 1.807) is 4.90 Å². The smallest absolute Gasteiger partial charge is 0.321 e. The van der Waals surface area contributed by atoms with E-state index >= 15 is 0 Å². The van der Waals surface area contributed by atoms with Crippen LogP contribution in [0.25, 0.3) is 0 Å². The van der Waals surface area contributed by atoms with Gasteiger partial charge in [-0.25, -0.2) is 4.79 Å². The minimum Gasteiger partial charge on any atom is -0.490 e. The Bertz CT molecular complexity index is 974. The number of urea groups is 1. The number of carbonyl (C=O) groups excluding carboxylic acids is 2. The molecule has 0 radical (unpaired) electrons. The SMILES string of the molecule is CC(C)[C@H](NC(=O)CN1CCN(C(=O)Nc2ccccc2)CC1)c1ccc2c(c1)OCCCO2. The molecule has 1 atom stereocenters. The zero-order valence-electron chi connectivity index (χ0n) is 20.0. The summed E-state index contributed by atoms with van der Waals surface area (Å²) in [7, 11) is 0. The third-order valence-corrected chi connectivity index (χ3v) is 6.17. The van der Waals surface area contributed by atoms with Crippen molar-refractivity contribution in [3.63, 3.8) is 0 Å². The first-order valence-corrected chi connectivity index (χ1v) is 12.0. The zero-order valence-corrected chi connectivity index (χ0v) is 20.0. The van der Waals surface area contributed by atoms with Crippen molar-refractivity contribution in [2.75, 3.05) is 51.3 Å². The second kappa shape index (κ2) is 11.2. The minimum atomic E-state index is -0.123. The summed E-state index contributed by atoms with van der Waals surface area (Å²) >= 11 is 0. The van der Waals surface area contributed by atoms with Crippen LogP contribution in [-0.2, 0) is 4.79 Å². The van der Waals surface area contributed by atoms with E-state index in [0.717, 1.165) is 29.2 Å². The molecular formula is C26H34N4O4. The second-order valence-corrected chi connectivity index (χ2v) is 9.11. The standard InChI is InChI=1S/C26H34N4O4/c1-19(2)25(20-9-10-22-23(17-20)34-16-6-15-33-22)28-24(31)18-29-11-13-30(14-12-29)26(32)27-21-7-4-3-5-8-21/h3-5,7-10,17,19,25H,6,11-16,18H2,1-2H3,(H,27,32)(H,28,31)/t25-/m0/s1. The fraction of sp³-hybridized carbons (Fsp3) is 0.462. The maximum absolute atomic E-state index is 12.9. The van der Waals surface area contributed by atoms with E-state index in [2.05, 4.69) is 29.4 Å². The highest BCUT2D eigenvalue weighted by Crippen LogP contribution is 2.34. The van der Waals surface area contributed by atoms with E-state index in [4.69, 9.17) is 9.47 Å². The maximum atomic E-state index is 12.9. The first-order chi connectivity index (χ1) is 16.5. The van der Waals surface area contributed by atoms with Gasteiger partial charge in [0.2, 0.25) is 5.91 Å². The Morgan fingerprint density at radius 3 is 2.35 bits per heavy atom. The number of benzene rings is 2. The molecule has 4 rings (SSSR count). The summed E-state index contributed by atoms with van der Waals surface area (Å²) in [6.45, 7) is 8.27. The number of nitrogens with one attached hydrogen (secondary N) is 2. The number of anilines is 1. The summed E-state index contributed by atoms with van der Waals surface area (Å²) in [4.78, 5) is 29.3. The number of carbonyl (C=O) groups is 2. The molecule has 182 valence electrons. The first-order valence-electron chi connectivity index (χ1n) is 12.0. The number of fused-ring (bicyclic) bond motifs is 1. The molecule has 0 saturated carbocycles. The lowest BCUT2D eigenvalue weighted by atomic mass is 9.95. The highest BCUT2D eigenvalue weighted by atomic mass is 16.5. The van der Waals surface area contributed by atoms with Gasteiger partial charge in [0.05, 0.1) is 25.8 Å². The van der Waals surface area contributed by atoms with Gasteiger partial charge in [0.25, 0.3) is 0 Å². The molecule has 2 aromatic rings. The van der Waals surface area contributed by atoms with Crippen molar-refractivity contribution in [3.8, 4) is 11.5 Å². The summed E-state index contributed by atoms with van der Waals surface area (Å²) in [6.07, 6.45) is 0.857. The molecule has 2 aliphatic heterocycles. The number of nitrogens with zero attached hydrogens (tertiary/aromatic N) is 2. The molecule has 0 bridgehead atoms. The first kappa shape index (κ1) is 23.9. The Labute approximate surface area is 201 Å². The topological polar surface area (TPSA) is 83.1 Å². The van der Waals surface area contributed by atoms with Gasteiger partial charge in [0.1, 0.15) is 0 Å². The van der Waals surface area contributed by atoms with E-state index in [1.165, 1.54) is 0 Å². The lowest BCUT2D eigenvalue weighted by Gasteiger charge is -2.34. The van der Waals surface area contributed by atoms with E-state index in [1.807, 2.05) is 48.5 Å². The number of para-hydroxylation sites is 1. The molecule has 1 saturated heterocycles. The van der Waals surface area contributed by atoms with Crippen LogP contribution >= 0.6 is 0 Å². The Morgan fingerprint density at radius 1 is 0.941 bits per heavy atom. The van der Waals surface area contributed by atoms with Gasteiger partial charge in [-0.15, -0.1) is 0 Å². The number of hydrogen-bond acceptors (Lipinski definition) is 5. The fourth-order valence-corrected chi connectivity index (χ4v) is 4.26. The van der Waals surface area contributed by atoms with Gasteiger partial charge in [-0.2, -0.15) is 0 Å². The number of rotatable bonds is 6. The van der Waals surface area contributed by atoms with Crippen molar-refractivity contribution < 1.29 is 19.1 Å². The van der Waals surface area contributed by atoms with Crippen molar-refractivity contribution >= 4 is 17.6 Å². The van der Waals surface area contributed by atoms with Crippen LogP contribution in [0.5, 0.6) is 11.5 Å². The van der Waals surface area contributed by atoms with Gasteiger partial charge in [0.15, 0.2) is 11.5 Å². The summed E-state index contributed by atoms with van der Waals surface area (Å²) < 4.78 is 11.6. The second-order valence-electron chi connectivity index (χ2n) is 9.11. The van der Waals surface area contributed by atoms with Gasteiger partial charge in [0, 0.05) is 38.3 Å². The molecule has 0 unspecified atom stereocenters. The third kappa shape index (κ3) is 6.20. The van der Waals surface area contributed by atoms with Gasteiger partial charge in [-0.1, -0.05) is 38.1 Å². The highest BCUT2D eigenvalue weighted by Gasteiger charge is 2.25. The average molecular weight is 467 g/mol. The number of amides is 3. The predicted molar refractivity (Wildman–Crippen MR) is 131 cm³/mol. The lowest BCUT2D eigenvalue weighted by Crippen LogP contribution is -2.52. The van der Waals surface area contributed by atoms with Crippen molar-refractivity contribution in [3.05, 3.63) is 54.1 Å². The molecule has 0 aromatic heterocycles. The molecule has 2 heterocycles. The van der Waals surface area contributed by atoms with Crippen molar-refractivity contribution in [2.24, 2.45) is 5.92 Å². The normalized spacial score (nSPS) is 17.1. The molecule has 0 spiro atoms. The largest absolute Gasteiger partial charge is 0.490 e. The van der Waals surface area contributed by atoms with E-state index in [9.17, 15) is 9.59 Å². The molecular weight excluding hydrogens is 432 g/mol. The number of ether oxygens (including phenoxy) is 2. The van der Waals surface area contributed by atoms with E-state index in [0.29, 0.717) is 45.9 Å². The minimum absolute atomic E-state index is 0.0204. The van der Waals surface area contributed by atoms with Gasteiger partial charge < -0.3 is 25.0 Å². The van der Waals surface area contributed by atoms with Crippen molar-refractivity contribution in [1.82, 2.24) is 15.1 Å². The molecule has 3 amide bonds. The van der Waals surface area contributed by atoms with E-state index in [-0.39, 0.29) is 23.9 Å². The fourth-order valence-electron chi connectivity index (χ4n) is 4.26. The van der Waals surface area contributed by atoms with Gasteiger partial charge in [-0.05, 0) is 35.7 Å². The summed E-state index contributed by atoms with van der Waals surface area (Å²) in [6, 6.07) is 15.1. The molecule has 0 aliphatic carbocycles. The molecule has 2 N–H and O–H groups in total. The number of piperazine rings is 1. The van der Waals surface area contributed by atoms with Crippen LogP contribution in [0.2, 0.25) is 0 Å². The van der Waals surface area contributed by atoms with Crippen LogP contribution in [0.15, 0.2) is 48.5 Å². The quantitative estimate of drug-likeness (QED) is 0.681. The van der Waals surface area contributed by atoms with Crippen LogP contribution in [0.1, 0.15) is 31.9 Å². The van der Waals surface area contributed by atoms with Crippen LogP contribution in [-0.4, -0.2) is 67.7 Å². The Kier molecular flexibility index (Phi) is 7.90. The zero-order chi connectivity index (χ0) is 23.9. The monoisotopic (exact) mass is 466 g/mol. The van der Waals surface area contributed by atoms with Gasteiger partial charge >= 0.3 is 6.03 Å². The summed E-state index contributed by atoms with van der Waals surface area (Å²) in [5, 5.41) is 6.12. The predicted octanol–water partition coefficient (Wildman–Crippen LogP) is 3.51. The average Bonchev–Trinajstić information content (AvgIpc) is 3.08. The van der Waals surface area contributed by atoms with Crippen molar-refractivity contribution in [1.29, 1.82) is 0 Å². The number of hydrogen-bond donors (Lipinski definition) is 2. The van der Waals surface area contributed by atoms with E-state index < -0.39 is 0 Å². The molecule has 8 nitrogen and oxygen atoms in total. The van der Waals surface area contributed by atoms with Gasteiger partial charge in [-0.3, -0.25) is 9.69 Å². The Hall–Kier alpha value is -3.26.